The number of anilines is 3. The minimum atomic E-state index is -3.74. The third-order valence-corrected chi connectivity index (χ3v) is 9.34. The smallest absolute Gasteiger partial charge is 0.258 e. The molecule has 2 aromatic heterocycles. The molecule has 0 unspecified atom stereocenters. The monoisotopic (exact) mass is 560 g/mol. The van der Waals surface area contributed by atoms with Gasteiger partial charge in [-0.25, -0.2) is 26.9 Å². The Morgan fingerprint density at radius 3 is 2.54 bits per heavy atom. The predicted molar refractivity (Wildman–Crippen MR) is 143 cm³/mol. The Kier molecular flexibility index (Phi) is 6.25. The van der Waals surface area contributed by atoms with Crippen LogP contribution in [0.3, 0.4) is 0 Å². The van der Waals surface area contributed by atoms with Gasteiger partial charge in [0.15, 0.2) is 5.65 Å². The van der Waals surface area contributed by atoms with Gasteiger partial charge in [0.25, 0.3) is 11.8 Å². The van der Waals surface area contributed by atoms with E-state index in [2.05, 4.69) is 25.0 Å². The first kappa shape index (κ1) is 25.9. The summed E-state index contributed by atoms with van der Waals surface area (Å²) in [6.45, 7) is 1.05. The summed E-state index contributed by atoms with van der Waals surface area (Å²) in [6, 6.07) is 8.09. The number of nitrogens with one attached hydrogen (secondary N) is 2. The van der Waals surface area contributed by atoms with Gasteiger partial charge in [0.2, 0.25) is 10.0 Å². The van der Waals surface area contributed by atoms with Crippen LogP contribution >= 0.6 is 0 Å². The van der Waals surface area contributed by atoms with Crippen LogP contribution in [0.15, 0.2) is 36.5 Å². The maximum absolute atomic E-state index is 13.5. The molecule has 39 heavy (non-hydrogen) atoms. The molecule has 3 aromatic rings. The van der Waals surface area contributed by atoms with Gasteiger partial charge in [0.1, 0.15) is 5.82 Å². The predicted octanol–water partition coefficient (Wildman–Crippen LogP) is 3.45. The fourth-order valence-electron chi connectivity index (χ4n) is 5.31. The Bertz CT molecular complexity index is 1530. The molecule has 10 nitrogen and oxygen atoms in total. The van der Waals surface area contributed by atoms with E-state index in [-0.39, 0.29) is 18.8 Å². The van der Waals surface area contributed by atoms with E-state index in [4.69, 9.17) is 5.11 Å². The molecule has 2 saturated carbocycles. The number of piperidine rings is 1. The number of aliphatic hydroxyl groups is 1. The van der Waals surface area contributed by atoms with Crippen LogP contribution in [0.4, 0.5) is 26.0 Å². The van der Waals surface area contributed by atoms with Crippen molar-refractivity contribution in [2.75, 3.05) is 40.4 Å². The quantitative estimate of drug-likeness (QED) is 0.366. The third kappa shape index (κ3) is 5.42. The van der Waals surface area contributed by atoms with Crippen LogP contribution in [0.25, 0.3) is 11.0 Å². The van der Waals surface area contributed by atoms with Crippen LogP contribution in [0.5, 0.6) is 0 Å². The summed E-state index contributed by atoms with van der Waals surface area (Å²) in [7, 11) is -3.74. The minimum absolute atomic E-state index is 0.0507. The number of hydrogen-bond donors (Lipinski definition) is 3. The zero-order valence-corrected chi connectivity index (χ0v) is 22.1. The largest absolute Gasteiger partial charge is 0.395 e. The van der Waals surface area contributed by atoms with E-state index in [1.54, 1.807) is 30.5 Å². The van der Waals surface area contributed by atoms with E-state index in [9.17, 15) is 22.0 Å². The number of aliphatic hydroxyl groups excluding tert-OH is 1. The maximum atomic E-state index is 13.5. The van der Waals surface area contributed by atoms with Crippen LogP contribution < -0.4 is 14.9 Å². The van der Waals surface area contributed by atoms with Gasteiger partial charge in [0, 0.05) is 30.8 Å². The zero-order valence-electron chi connectivity index (χ0n) is 21.2. The van der Waals surface area contributed by atoms with Gasteiger partial charge >= 0.3 is 0 Å². The van der Waals surface area contributed by atoms with Gasteiger partial charge in [-0.3, -0.25) is 9.52 Å². The molecule has 0 bridgehead atoms. The molecule has 2 aliphatic carbocycles. The first-order chi connectivity index (χ1) is 18.6. The van der Waals surface area contributed by atoms with E-state index in [0.717, 1.165) is 25.9 Å². The number of aromatic nitrogens is 3. The lowest BCUT2D eigenvalue weighted by Crippen LogP contribution is -2.35. The maximum Gasteiger partial charge on any atom is 0.258 e. The number of pyridine rings is 1. The number of carbonyl (C=O) groups excluding carboxylic acids is 1. The minimum Gasteiger partial charge on any atom is -0.395 e. The van der Waals surface area contributed by atoms with Crippen molar-refractivity contribution in [1.82, 2.24) is 14.8 Å². The lowest BCUT2D eigenvalue weighted by atomic mass is 9.93. The zero-order chi connectivity index (χ0) is 27.4. The number of benzene rings is 1. The fourth-order valence-corrected chi connectivity index (χ4v) is 6.14. The molecule has 1 atom stereocenters. The Balaban J connectivity index is 1.26. The number of carbonyl (C=O) groups is 1. The average molecular weight is 561 g/mol. The summed E-state index contributed by atoms with van der Waals surface area (Å²) in [5.74, 6) is -4.04. The van der Waals surface area contributed by atoms with E-state index in [1.165, 1.54) is 23.6 Å². The molecule has 1 amide bonds. The number of rotatable bonds is 9. The van der Waals surface area contributed by atoms with E-state index >= 15 is 0 Å². The second kappa shape index (κ2) is 9.40. The van der Waals surface area contributed by atoms with Crippen molar-refractivity contribution >= 4 is 44.2 Å². The van der Waals surface area contributed by atoms with Crippen molar-refractivity contribution < 1.29 is 27.1 Å². The number of nitrogens with zero attached hydrogens (tertiary/aromatic N) is 4. The van der Waals surface area contributed by atoms with Gasteiger partial charge in [0.05, 0.1) is 42.0 Å². The summed E-state index contributed by atoms with van der Waals surface area (Å²) in [4.78, 5) is 20.1. The molecule has 0 radical (unpaired) electrons. The molecular formula is C26H30F2N6O4S. The Hall–Kier alpha value is -3.32. The van der Waals surface area contributed by atoms with Gasteiger partial charge in [-0.1, -0.05) is 0 Å². The van der Waals surface area contributed by atoms with Crippen molar-refractivity contribution in [3.05, 3.63) is 42.1 Å². The number of hydrogen-bond acceptors (Lipinski definition) is 7. The number of fused-ring (bicyclic) bond motifs is 1. The lowest BCUT2D eigenvalue weighted by Gasteiger charge is -2.35. The second-order valence-electron chi connectivity index (χ2n) is 10.9. The summed E-state index contributed by atoms with van der Waals surface area (Å²) in [6.07, 6.45) is 5.85. The molecule has 1 aromatic carbocycles. The number of alkyl halides is 2. The topological polar surface area (TPSA) is 129 Å². The van der Waals surface area contributed by atoms with Crippen molar-refractivity contribution in [3.63, 3.8) is 0 Å². The summed E-state index contributed by atoms with van der Waals surface area (Å²) >= 11 is 0. The highest BCUT2D eigenvalue weighted by atomic mass is 32.2. The molecule has 208 valence electrons. The summed E-state index contributed by atoms with van der Waals surface area (Å²) in [5, 5.41) is 16.7. The first-order valence-corrected chi connectivity index (χ1v) is 14.7. The van der Waals surface area contributed by atoms with Gasteiger partial charge in [-0.2, -0.15) is 5.10 Å². The summed E-state index contributed by atoms with van der Waals surface area (Å²) < 4.78 is 55.3. The van der Waals surface area contributed by atoms with Crippen LogP contribution in [0, 0.1) is 11.3 Å². The second-order valence-corrected chi connectivity index (χ2v) is 12.8. The number of halogens is 2. The molecule has 1 aliphatic heterocycles. The van der Waals surface area contributed by atoms with Gasteiger partial charge in [-0.15, -0.1) is 0 Å². The molecule has 1 saturated heterocycles. The molecule has 13 heteroatoms. The van der Waals surface area contributed by atoms with E-state index < -0.39 is 40.1 Å². The molecule has 6 rings (SSSR count). The Labute approximate surface area is 224 Å². The highest BCUT2D eigenvalue weighted by Gasteiger charge is 2.57. The third-order valence-electron chi connectivity index (χ3n) is 8.07. The standard InChI is InChI=1S/C26H30F2N6O4S/c27-26(28)14-18(26)16-34-23-17(15-29-34)1-4-22(30-23)31-24(36)20-3-2-19(32-39(37,38)12-11-35)13-21(20)33-9-7-25(5-6-25)8-10-33/h1-4,13,15,18,32,35H,5-12,14,16H2,(H,30,31,36)/t18-/m1/s1. The Morgan fingerprint density at radius 2 is 1.87 bits per heavy atom. The van der Waals surface area contributed by atoms with E-state index in [0.29, 0.717) is 33.4 Å². The average Bonchev–Trinajstić information content (AvgIpc) is 3.73. The molecular weight excluding hydrogens is 530 g/mol. The van der Waals surface area contributed by atoms with Crippen molar-refractivity contribution in [2.24, 2.45) is 11.3 Å². The lowest BCUT2D eigenvalue weighted by molar-refractivity contribution is 0.0944. The molecule has 3 fully saturated rings. The molecule has 3 N–H and O–H groups in total. The SMILES string of the molecule is O=C(Nc1ccc2cnn(C[C@H]3CC3(F)F)c2n1)c1ccc(NS(=O)(=O)CCO)cc1N1CCC2(CC1)CC2. The van der Waals surface area contributed by atoms with Gasteiger partial charge < -0.3 is 15.3 Å². The number of sulfonamides is 1. The summed E-state index contributed by atoms with van der Waals surface area (Å²) in [5.41, 5.74) is 2.10. The normalized spacial score (nSPS) is 21.2. The van der Waals surface area contributed by atoms with Crippen molar-refractivity contribution in [1.29, 1.82) is 0 Å². The Morgan fingerprint density at radius 1 is 1.13 bits per heavy atom. The molecule has 1 spiro atoms. The van der Waals surface area contributed by atoms with Crippen LogP contribution in [-0.2, 0) is 16.6 Å². The molecule has 3 heterocycles. The van der Waals surface area contributed by atoms with Crippen LogP contribution in [0.2, 0.25) is 0 Å². The first-order valence-electron chi connectivity index (χ1n) is 13.1. The van der Waals surface area contributed by atoms with Crippen molar-refractivity contribution in [2.45, 2.75) is 44.6 Å². The van der Waals surface area contributed by atoms with Crippen LogP contribution in [-0.4, -0.2) is 65.6 Å². The van der Waals surface area contributed by atoms with E-state index in [1.807, 2.05) is 0 Å². The highest BCUT2D eigenvalue weighted by molar-refractivity contribution is 7.92. The highest BCUT2D eigenvalue weighted by Crippen LogP contribution is 2.54. The van der Waals surface area contributed by atoms with Crippen LogP contribution in [0.1, 0.15) is 42.5 Å². The number of amides is 1. The van der Waals surface area contributed by atoms with Crippen molar-refractivity contribution in [3.8, 4) is 0 Å². The molecule has 3 aliphatic rings. The fraction of sp³-hybridized carbons (Fsp3) is 0.500. The van der Waals surface area contributed by atoms with Gasteiger partial charge in [-0.05, 0) is 61.4 Å².